The lowest BCUT2D eigenvalue weighted by Gasteiger charge is -2.16. The summed E-state index contributed by atoms with van der Waals surface area (Å²) in [5, 5.41) is 0. The second-order valence-corrected chi connectivity index (χ2v) is 8.16. The molecule has 0 unspecified atom stereocenters. The van der Waals surface area contributed by atoms with Crippen molar-refractivity contribution in [2.75, 3.05) is 6.61 Å². The number of hydrogen-bond acceptors (Lipinski definition) is 2. The van der Waals surface area contributed by atoms with E-state index in [1.165, 1.54) is 77.0 Å². The number of carbonyl (C=O) groups is 1. The van der Waals surface area contributed by atoms with E-state index >= 15 is 0 Å². The fourth-order valence-electron chi connectivity index (χ4n) is 3.31. The minimum atomic E-state index is 0.0789. The van der Waals surface area contributed by atoms with Gasteiger partial charge in [-0.25, -0.2) is 0 Å². The van der Waals surface area contributed by atoms with Crippen LogP contribution in [0, 0.1) is 11.8 Å². The number of esters is 1. The molecule has 25 heavy (non-hydrogen) atoms. The molecular formula is C23H46O2. The van der Waals surface area contributed by atoms with E-state index in [4.69, 9.17) is 4.74 Å². The predicted molar refractivity (Wildman–Crippen MR) is 110 cm³/mol. The van der Waals surface area contributed by atoms with Crippen LogP contribution in [-0.4, -0.2) is 12.6 Å². The Morgan fingerprint density at radius 3 is 1.68 bits per heavy atom. The van der Waals surface area contributed by atoms with E-state index in [0.717, 1.165) is 25.2 Å². The molecule has 0 aromatic carbocycles. The summed E-state index contributed by atoms with van der Waals surface area (Å²) >= 11 is 0. The Bertz CT molecular complexity index is 274. The highest BCUT2D eigenvalue weighted by atomic mass is 16.5. The van der Waals surface area contributed by atoms with Gasteiger partial charge < -0.3 is 4.74 Å². The zero-order valence-electron chi connectivity index (χ0n) is 17.8. The van der Waals surface area contributed by atoms with Gasteiger partial charge in [-0.3, -0.25) is 4.79 Å². The number of unbranched alkanes of at least 4 members (excludes halogenated alkanes) is 9. The molecule has 0 radical (unpaired) electrons. The van der Waals surface area contributed by atoms with Gasteiger partial charge in [0.25, 0.3) is 0 Å². The molecule has 0 saturated carbocycles. The molecule has 0 saturated heterocycles. The van der Waals surface area contributed by atoms with Crippen LogP contribution in [0.1, 0.15) is 124 Å². The van der Waals surface area contributed by atoms with Gasteiger partial charge >= 0.3 is 5.97 Å². The van der Waals surface area contributed by atoms with Crippen molar-refractivity contribution in [1.82, 2.24) is 0 Å². The first-order chi connectivity index (χ1) is 12.1. The molecular weight excluding hydrogens is 308 g/mol. The van der Waals surface area contributed by atoms with Crippen LogP contribution >= 0.6 is 0 Å². The lowest BCUT2D eigenvalue weighted by molar-refractivity contribution is -0.149. The van der Waals surface area contributed by atoms with Gasteiger partial charge in [0.15, 0.2) is 0 Å². The highest BCUT2D eigenvalue weighted by molar-refractivity contribution is 5.72. The van der Waals surface area contributed by atoms with Gasteiger partial charge in [-0.2, -0.15) is 0 Å². The quantitative estimate of drug-likeness (QED) is 0.186. The number of rotatable bonds is 18. The number of hydrogen-bond donors (Lipinski definition) is 0. The molecule has 2 heteroatoms. The maximum Gasteiger partial charge on any atom is 0.308 e. The smallest absolute Gasteiger partial charge is 0.308 e. The maximum absolute atomic E-state index is 12.4. The Kier molecular flexibility index (Phi) is 17.9. The van der Waals surface area contributed by atoms with Crippen molar-refractivity contribution in [3.8, 4) is 0 Å². The first-order valence-electron chi connectivity index (χ1n) is 11.3. The average molecular weight is 355 g/mol. The van der Waals surface area contributed by atoms with Gasteiger partial charge in [0.2, 0.25) is 0 Å². The summed E-state index contributed by atoms with van der Waals surface area (Å²) in [5.74, 6) is 1.03. The standard InChI is InChI=1S/C23H46O2/c1-5-7-9-14-18-22(19-15-10-8-6-2)23(24)25-20-16-12-11-13-17-21(3)4/h21-22H,5-20H2,1-4H3. The molecule has 0 aliphatic carbocycles. The molecule has 0 heterocycles. The summed E-state index contributed by atoms with van der Waals surface area (Å²) in [4.78, 5) is 12.4. The van der Waals surface area contributed by atoms with Crippen LogP contribution in [0.5, 0.6) is 0 Å². The zero-order chi connectivity index (χ0) is 18.8. The number of carbonyl (C=O) groups excluding carboxylic acids is 1. The van der Waals surface area contributed by atoms with E-state index in [0.29, 0.717) is 6.61 Å². The third-order valence-corrected chi connectivity index (χ3v) is 5.07. The normalized spacial score (nSPS) is 11.4. The van der Waals surface area contributed by atoms with Crippen molar-refractivity contribution in [1.29, 1.82) is 0 Å². The van der Waals surface area contributed by atoms with E-state index in [1.54, 1.807) is 0 Å². The highest BCUT2D eigenvalue weighted by Crippen LogP contribution is 2.20. The van der Waals surface area contributed by atoms with Gasteiger partial charge in [-0.15, -0.1) is 0 Å². The highest BCUT2D eigenvalue weighted by Gasteiger charge is 2.19. The Morgan fingerprint density at radius 2 is 1.16 bits per heavy atom. The van der Waals surface area contributed by atoms with Gasteiger partial charge in [0.05, 0.1) is 12.5 Å². The third-order valence-electron chi connectivity index (χ3n) is 5.07. The van der Waals surface area contributed by atoms with Crippen LogP contribution in [0.3, 0.4) is 0 Å². The van der Waals surface area contributed by atoms with Crippen LogP contribution in [0.15, 0.2) is 0 Å². The van der Waals surface area contributed by atoms with E-state index in [-0.39, 0.29) is 11.9 Å². The average Bonchev–Trinajstić information content (AvgIpc) is 2.59. The van der Waals surface area contributed by atoms with Crippen molar-refractivity contribution in [2.24, 2.45) is 11.8 Å². The van der Waals surface area contributed by atoms with Crippen LogP contribution in [0.25, 0.3) is 0 Å². The molecule has 2 nitrogen and oxygen atoms in total. The van der Waals surface area contributed by atoms with Crippen molar-refractivity contribution < 1.29 is 9.53 Å². The molecule has 0 amide bonds. The first kappa shape index (κ1) is 24.5. The predicted octanol–water partition coefficient (Wildman–Crippen LogP) is 7.69. The summed E-state index contributed by atoms with van der Waals surface area (Å²) in [6, 6.07) is 0. The van der Waals surface area contributed by atoms with Crippen LogP contribution in [0.4, 0.5) is 0 Å². The maximum atomic E-state index is 12.4. The fourth-order valence-corrected chi connectivity index (χ4v) is 3.31. The van der Waals surface area contributed by atoms with Crippen LogP contribution < -0.4 is 0 Å². The molecule has 0 aromatic heterocycles. The van der Waals surface area contributed by atoms with Gasteiger partial charge in [-0.05, 0) is 25.2 Å². The Balaban J connectivity index is 3.92. The second-order valence-electron chi connectivity index (χ2n) is 8.16. The summed E-state index contributed by atoms with van der Waals surface area (Å²) in [6.07, 6.45) is 18.1. The molecule has 0 aliphatic rings. The molecule has 0 rings (SSSR count). The molecule has 150 valence electrons. The first-order valence-corrected chi connectivity index (χ1v) is 11.3. The lowest BCUT2D eigenvalue weighted by Crippen LogP contribution is -2.18. The van der Waals surface area contributed by atoms with Crippen molar-refractivity contribution >= 4 is 5.97 Å². The van der Waals surface area contributed by atoms with Crippen molar-refractivity contribution in [3.63, 3.8) is 0 Å². The van der Waals surface area contributed by atoms with E-state index < -0.39 is 0 Å². The van der Waals surface area contributed by atoms with Gasteiger partial charge in [-0.1, -0.05) is 105 Å². The minimum absolute atomic E-state index is 0.0789. The summed E-state index contributed by atoms with van der Waals surface area (Å²) in [6.45, 7) is 9.65. The lowest BCUT2D eigenvalue weighted by atomic mass is 9.94. The van der Waals surface area contributed by atoms with E-state index in [2.05, 4.69) is 27.7 Å². The topological polar surface area (TPSA) is 26.3 Å². The molecule has 0 spiro atoms. The zero-order valence-corrected chi connectivity index (χ0v) is 17.8. The fraction of sp³-hybridized carbons (Fsp3) is 0.957. The Morgan fingerprint density at radius 1 is 0.680 bits per heavy atom. The Labute approximate surface area is 158 Å². The molecule has 0 fully saturated rings. The molecule has 0 aromatic rings. The summed E-state index contributed by atoms with van der Waals surface area (Å²) in [7, 11) is 0. The minimum Gasteiger partial charge on any atom is -0.465 e. The van der Waals surface area contributed by atoms with E-state index in [9.17, 15) is 4.79 Å². The molecule has 0 N–H and O–H groups in total. The molecule has 0 atom stereocenters. The van der Waals surface area contributed by atoms with Gasteiger partial charge in [0, 0.05) is 0 Å². The van der Waals surface area contributed by atoms with Crippen LogP contribution in [0.2, 0.25) is 0 Å². The number of ether oxygens (including phenoxy) is 1. The molecule has 0 aliphatic heterocycles. The summed E-state index contributed by atoms with van der Waals surface area (Å²) in [5.41, 5.74) is 0. The largest absolute Gasteiger partial charge is 0.465 e. The van der Waals surface area contributed by atoms with Crippen LogP contribution in [-0.2, 0) is 9.53 Å². The summed E-state index contributed by atoms with van der Waals surface area (Å²) < 4.78 is 5.61. The van der Waals surface area contributed by atoms with Crippen molar-refractivity contribution in [2.45, 2.75) is 124 Å². The third kappa shape index (κ3) is 16.7. The second kappa shape index (κ2) is 18.3. The Hall–Kier alpha value is -0.530. The van der Waals surface area contributed by atoms with E-state index in [1.807, 2.05) is 0 Å². The van der Waals surface area contributed by atoms with Crippen molar-refractivity contribution in [3.05, 3.63) is 0 Å². The SMILES string of the molecule is CCCCCCC(CCCCCC)C(=O)OCCCCCCC(C)C. The monoisotopic (exact) mass is 354 g/mol. The molecule has 0 bridgehead atoms. The van der Waals surface area contributed by atoms with Gasteiger partial charge in [0.1, 0.15) is 0 Å².